The van der Waals surface area contributed by atoms with Gasteiger partial charge in [-0.15, -0.1) is 0 Å². The number of carbonyl (C=O) groups is 1. The number of halogens is 3. The lowest BCUT2D eigenvalue weighted by atomic mass is 10.2. The van der Waals surface area contributed by atoms with Crippen LogP contribution in [-0.2, 0) is 6.54 Å². The van der Waals surface area contributed by atoms with Gasteiger partial charge in [-0.1, -0.05) is 23.7 Å². The number of hydrogen-bond donors (Lipinski definition) is 1. The Hall–Kier alpha value is -1.39. The third kappa shape index (κ3) is 3.78. The fourth-order valence-electron chi connectivity index (χ4n) is 1.57. The van der Waals surface area contributed by atoms with Gasteiger partial charge in [-0.25, -0.2) is 4.39 Å². The lowest BCUT2D eigenvalue weighted by Gasteiger charge is -2.06. The van der Waals surface area contributed by atoms with Gasteiger partial charge in [-0.05, 0) is 51.8 Å². The molecule has 2 nitrogen and oxygen atoms in total. The maximum Gasteiger partial charge on any atom is 0.251 e. The summed E-state index contributed by atoms with van der Waals surface area (Å²) < 4.78 is 13.6. The van der Waals surface area contributed by atoms with Crippen molar-refractivity contribution >= 4 is 33.4 Å². The molecule has 0 radical (unpaired) electrons. The average Bonchev–Trinajstić information content (AvgIpc) is 2.39. The lowest BCUT2D eigenvalue weighted by molar-refractivity contribution is 0.0950. The largest absolute Gasteiger partial charge is 0.348 e. The van der Waals surface area contributed by atoms with Crippen LogP contribution in [0.3, 0.4) is 0 Å². The fourth-order valence-corrected chi connectivity index (χ4v) is 2.03. The molecule has 2 aromatic carbocycles. The molecule has 0 aliphatic carbocycles. The van der Waals surface area contributed by atoms with Crippen LogP contribution in [0.25, 0.3) is 0 Å². The SMILES string of the molecule is O=C(NCc1cccc(Cl)c1)c1ccc(Br)c(F)c1. The van der Waals surface area contributed by atoms with Gasteiger partial charge in [0.05, 0.1) is 4.47 Å². The molecule has 2 aromatic rings. The summed E-state index contributed by atoms with van der Waals surface area (Å²) in [7, 11) is 0. The summed E-state index contributed by atoms with van der Waals surface area (Å²) in [5.41, 5.74) is 1.17. The molecule has 0 aliphatic rings. The van der Waals surface area contributed by atoms with Crippen LogP contribution in [0.15, 0.2) is 46.9 Å². The van der Waals surface area contributed by atoms with E-state index in [2.05, 4.69) is 21.2 Å². The van der Waals surface area contributed by atoms with E-state index in [0.29, 0.717) is 16.0 Å². The first-order chi connectivity index (χ1) is 9.06. The number of amides is 1. The minimum atomic E-state index is -0.463. The van der Waals surface area contributed by atoms with Crippen molar-refractivity contribution in [3.8, 4) is 0 Å². The summed E-state index contributed by atoms with van der Waals surface area (Å²) >= 11 is 8.89. The van der Waals surface area contributed by atoms with Crippen LogP contribution in [-0.4, -0.2) is 5.91 Å². The van der Waals surface area contributed by atoms with Gasteiger partial charge in [0, 0.05) is 17.1 Å². The third-order valence-electron chi connectivity index (χ3n) is 2.52. The maximum atomic E-state index is 13.3. The van der Waals surface area contributed by atoms with E-state index in [9.17, 15) is 9.18 Å². The fraction of sp³-hybridized carbons (Fsp3) is 0.0714. The molecule has 0 spiro atoms. The highest BCUT2D eigenvalue weighted by Crippen LogP contribution is 2.16. The second kappa shape index (κ2) is 6.17. The highest BCUT2D eigenvalue weighted by atomic mass is 79.9. The van der Waals surface area contributed by atoms with Crippen molar-refractivity contribution in [1.82, 2.24) is 5.32 Å². The predicted molar refractivity (Wildman–Crippen MR) is 76.7 cm³/mol. The van der Waals surface area contributed by atoms with Crippen LogP contribution in [0.4, 0.5) is 4.39 Å². The van der Waals surface area contributed by atoms with Crippen molar-refractivity contribution in [2.75, 3.05) is 0 Å². The Morgan fingerprint density at radius 3 is 2.74 bits per heavy atom. The smallest absolute Gasteiger partial charge is 0.251 e. The molecule has 19 heavy (non-hydrogen) atoms. The topological polar surface area (TPSA) is 29.1 Å². The average molecular weight is 343 g/mol. The molecule has 5 heteroatoms. The number of carbonyl (C=O) groups excluding carboxylic acids is 1. The van der Waals surface area contributed by atoms with Crippen molar-refractivity contribution in [3.63, 3.8) is 0 Å². The van der Waals surface area contributed by atoms with Crippen molar-refractivity contribution < 1.29 is 9.18 Å². The van der Waals surface area contributed by atoms with Crippen LogP contribution >= 0.6 is 27.5 Å². The Bertz CT molecular complexity index is 618. The second-order valence-corrected chi connectivity index (χ2v) is 5.23. The van der Waals surface area contributed by atoms with Gasteiger partial charge in [-0.3, -0.25) is 4.79 Å². The van der Waals surface area contributed by atoms with E-state index < -0.39 is 5.82 Å². The van der Waals surface area contributed by atoms with Crippen LogP contribution in [0, 0.1) is 5.82 Å². The molecule has 0 saturated carbocycles. The first-order valence-electron chi connectivity index (χ1n) is 5.54. The summed E-state index contributed by atoms with van der Waals surface area (Å²) in [6.45, 7) is 0.344. The Balaban J connectivity index is 2.03. The molecule has 98 valence electrons. The van der Waals surface area contributed by atoms with Crippen molar-refractivity contribution in [3.05, 3.63) is 68.9 Å². The molecule has 0 bridgehead atoms. The molecule has 0 fully saturated rings. The van der Waals surface area contributed by atoms with Crippen molar-refractivity contribution in [2.45, 2.75) is 6.54 Å². The standard InChI is InChI=1S/C14H10BrClFNO/c15-12-5-4-10(7-13(12)17)14(19)18-8-9-2-1-3-11(16)6-9/h1-7H,8H2,(H,18,19). The molecule has 0 saturated heterocycles. The van der Waals surface area contributed by atoms with E-state index >= 15 is 0 Å². The molecule has 0 unspecified atom stereocenters. The molecule has 0 atom stereocenters. The number of hydrogen-bond acceptors (Lipinski definition) is 1. The molecule has 2 rings (SSSR count). The maximum absolute atomic E-state index is 13.3. The van der Waals surface area contributed by atoms with Crippen LogP contribution in [0.5, 0.6) is 0 Å². The normalized spacial score (nSPS) is 10.3. The highest BCUT2D eigenvalue weighted by Gasteiger charge is 2.08. The third-order valence-corrected chi connectivity index (χ3v) is 3.40. The quantitative estimate of drug-likeness (QED) is 0.891. The summed E-state index contributed by atoms with van der Waals surface area (Å²) in [6, 6.07) is 11.4. The van der Waals surface area contributed by atoms with E-state index in [1.807, 2.05) is 12.1 Å². The monoisotopic (exact) mass is 341 g/mol. The van der Waals surface area contributed by atoms with Crippen LogP contribution in [0.1, 0.15) is 15.9 Å². The van der Waals surface area contributed by atoms with Gasteiger partial charge >= 0.3 is 0 Å². The first kappa shape index (κ1) is 14.0. The van der Waals surface area contributed by atoms with E-state index in [1.54, 1.807) is 18.2 Å². The van der Waals surface area contributed by atoms with Gasteiger partial charge in [0.25, 0.3) is 5.91 Å². The van der Waals surface area contributed by atoms with E-state index in [0.717, 1.165) is 5.56 Å². The van der Waals surface area contributed by atoms with Gasteiger partial charge < -0.3 is 5.32 Å². The molecule has 0 aromatic heterocycles. The summed E-state index contributed by atoms with van der Waals surface area (Å²) in [6.07, 6.45) is 0. The Morgan fingerprint density at radius 1 is 1.26 bits per heavy atom. The van der Waals surface area contributed by atoms with Crippen LogP contribution in [0.2, 0.25) is 5.02 Å². The zero-order valence-electron chi connectivity index (χ0n) is 9.79. The number of rotatable bonds is 3. The minimum absolute atomic E-state index is 0.280. The Labute approximate surface area is 123 Å². The van der Waals surface area contributed by atoms with Gasteiger partial charge in [0.15, 0.2) is 0 Å². The molecule has 1 N–H and O–H groups in total. The summed E-state index contributed by atoms with van der Waals surface area (Å²) in [5, 5.41) is 3.32. The Morgan fingerprint density at radius 2 is 2.05 bits per heavy atom. The summed E-state index contributed by atoms with van der Waals surface area (Å²) in [5.74, 6) is -0.790. The number of nitrogens with one attached hydrogen (secondary N) is 1. The van der Waals surface area contributed by atoms with Crippen molar-refractivity contribution in [2.24, 2.45) is 0 Å². The van der Waals surface area contributed by atoms with E-state index in [1.165, 1.54) is 12.1 Å². The second-order valence-electron chi connectivity index (χ2n) is 3.94. The first-order valence-corrected chi connectivity index (χ1v) is 6.71. The van der Waals surface area contributed by atoms with Crippen molar-refractivity contribution in [1.29, 1.82) is 0 Å². The molecular formula is C14H10BrClFNO. The number of benzene rings is 2. The van der Waals surface area contributed by atoms with E-state index in [-0.39, 0.29) is 11.5 Å². The molecular weight excluding hydrogens is 333 g/mol. The van der Waals surface area contributed by atoms with Gasteiger partial charge in [0.2, 0.25) is 0 Å². The predicted octanol–water partition coefficient (Wildman–Crippen LogP) is 4.17. The Kier molecular flexibility index (Phi) is 4.56. The van der Waals surface area contributed by atoms with Crippen LogP contribution < -0.4 is 5.32 Å². The van der Waals surface area contributed by atoms with Gasteiger partial charge in [-0.2, -0.15) is 0 Å². The molecule has 0 aliphatic heterocycles. The van der Waals surface area contributed by atoms with Gasteiger partial charge in [0.1, 0.15) is 5.82 Å². The zero-order valence-corrected chi connectivity index (χ0v) is 12.1. The van der Waals surface area contributed by atoms with E-state index in [4.69, 9.17) is 11.6 Å². The highest BCUT2D eigenvalue weighted by molar-refractivity contribution is 9.10. The zero-order chi connectivity index (χ0) is 13.8. The minimum Gasteiger partial charge on any atom is -0.348 e. The molecule has 1 amide bonds. The molecule has 0 heterocycles. The summed E-state index contributed by atoms with van der Waals surface area (Å²) in [4.78, 5) is 11.8. The lowest BCUT2D eigenvalue weighted by Crippen LogP contribution is -2.22.